The van der Waals surface area contributed by atoms with Gasteiger partial charge in [-0.3, -0.25) is 14.9 Å². The number of carbonyl (C=O) groups is 4. The SMILES string of the molecule is CCOC(=O)c1cccc(-n2c(C)cc(/C=C3\C(=O)NC(=O)N(c4cccc(Cl)c4)C3=O)c2C)c1. The number of urea groups is 1. The van der Waals surface area contributed by atoms with E-state index in [-0.39, 0.29) is 17.9 Å². The average Bonchev–Trinajstić information content (AvgIpc) is 3.09. The van der Waals surface area contributed by atoms with Gasteiger partial charge in [-0.1, -0.05) is 23.7 Å². The molecule has 9 heteroatoms. The van der Waals surface area contributed by atoms with Gasteiger partial charge in [0.25, 0.3) is 11.8 Å². The van der Waals surface area contributed by atoms with Gasteiger partial charge in [-0.2, -0.15) is 0 Å². The van der Waals surface area contributed by atoms with Gasteiger partial charge >= 0.3 is 12.0 Å². The number of ether oxygens (including phenoxy) is 1. The number of nitrogens with one attached hydrogen (secondary N) is 1. The zero-order valence-corrected chi connectivity index (χ0v) is 20.1. The first-order valence-electron chi connectivity index (χ1n) is 10.8. The molecule has 1 fully saturated rings. The second-order valence-electron chi connectivity index (χ2n) is 7.87. The Balaban J connectivity index is 1.74. The number of barbiturate groups is 1. The van der Waals surface area contributed by atoms with Gasteiger partial charge in [0, 0.05) is 22.1 Å². The van der Waals surface area contributed by atoms with E-state index < -0.39 is 23.8 Å². The van der Waals surface area contributed by atoms with Gasteiger partial charge < -0.3 is 9.30 Å². The number of halogens is 1. The van der Waals surface area contributed by atoms with Crippen LogP contribution in [0.25, 0.3) is 11.8 Å². The summed E-state index contributed by atoms with van der Waals surface area (Å²) in [6, 6.07) is 14.2. The summed E-state index contributed by atoms with van der Waals surface area (Å²) in [7, 11) is 0. The number of carbonyl (C=O) groups excluding carboxylic acids is 4. The lowest BCUT2D eigenvalue weighted by Gasteiger charge is -2.26. The van der Waals surface area contributed by atoms with E-state index in [0.29, 0.717) is 16.1 Å². The topological polar surface area (TPSA) is 97.7 Å². The standard InChI is InChI=1S/C26H22ClN3O5/c1-4-35-25(33)17-7-5-9-20(12-17)29-15(2)11-18(16(29)3)13-22-23(31)28-26(34)30(24(22)32)21-10-6-8-19(27)14-21/h5-14H,4H2,1-3H3,(H,28,31,34)/b22-13+. The predicted molar refractivity (Wildman–Crippen MR) is 132 cm³/mol. The summed E-state index contributed by atoms with van der Waals surface area (Å²) in [6.07, 6.45) is 1.45. The maximum absolute atomic E-state index is 13.2. The molecule has 0 unspecified atom stereocenters. The number of hydrogen-bond acceptors (Lipinski definition) is 5. The summed E-state index contributed by atoms with van der Waals surface area (Å²) in [5, 5.41) is 2.56. The molecule has 178 valence electrons. The number of anilines is 1. The third-order valence-electron chi connectivity index (χ3n) is 5.55. The van der Waals surface area contributed by atoms with Gasteiger partial charge in [0.15, 0.2) is 0 Å². The molecule has 2 heterocycles. The van der Waals surface area contributed by atoms with Gasteiger partial charge in [-0.25, -0.2) is 14.5 Å². The van der Waals surface area contributed by atoms with Crippen molar-refractivity contribution in [1.82, 2.24) is 9.88 Å². The van der Waals surface area contributed by atoms with Crippen molar-refractivity contribution < 1.29 is 23.9 Å². The number of aromatic nitrogens is 1. The number of benzene rings is 2. The largest absolute Gasteiger partial charge is 0.462 e. The summed E-state index contributed by atoms with van der Waals surface area (Å²) < 4.78 is 6.99. The monoisotopic (exact) mass is 491 g/mol. The third-order valence-corrected chi connectivity index (χ3v) is 5.79. The fraction of sp³-hybridized carbons (Fsp3) is 0.154. The van der Waals surface area contributed by atoms with Crippen molar-refractivity contribution in [2.45, 2.75) is 20.8 Å². The van der Waals surface area contributed by atoms with E-state index in [1.807, 2.05) is 30.5 Å². The minimum Gasteiger partial charge on any atom is -0.462 e. The molecule has 2 aromatic carbocycles. The highest BCUT2D eigenvalue weighted by atomic mass is 35.5. The van der Waals surface area contributed by atoms with Crippen LogP contribution in [0.1, 0.15) is 34.2 Å². The maximum atomic E-state index is 13.2. The van der Waals surface area contributed by atoms with Crippen molar-refractivity contribution >= 4 is 47.2 Å². The van der Waals surface area contributed by atoms with E-state index in [4.69, 9.17) is 16.3 Å². The zero-order valence-electron chi connectivity index (χ0n) is 19.3. The first-order valence-corrected chi connectivity index (χ1v) is 11.2. The summed E-state index contributed by atoms with van der Waals surface area (Å²) in [5.41, 5.74) is 3.37. The highest BCUT2D eigenvalue weighted by Gasteiger charge is 2.37. The zero-order chi connectivity index (χ0) is 25.3. The Kier molecular flexibility index (Phi) is 6.57. The number of esters is 1. The van der Waals surface area contributed by atoms with Gasteiger partial charge in [0.1, 0.15) is 5.57 Å². The summed E-state index contributed by atoms with van der Waals surface area (Å²) >= 11 is 6.02. The molecular weight excluding hydrogens is 470 g/mol. The maximum Gasteiger partial charge on any atom is 0.338 e. The van der Waals surface area contributed by atoms with E-state index in [1.165, 1.54) is 12.1 Å². The van der Waals surface area contributed by atoms with Crippen LogP contribution in [0.2, 0.25) is 5.02 Å². The van der Waals surface area contributed by atoms with Crippen LogP contribution in [0.15, 0.2) is 60.2 Å². The summed E-state index contributed by atoms with van der Waals surface area (Å²) in [5.74, 6) is -1.96. The first-order chi connectivity index (χ1) is 16.7. The molecule has 0 aliphatic carbocycles. The Morgan fingerprint density at radius 3 is 2.46 bits per heavy atom. The molecule has 0 bridgehead atoms. The first kappa shape index (κ1) is 24.0. The van der Waals surface area contributed by atoms with E-state index in [1.54, 1.807) is 43.3 Å². The van der Waals surface area contributed by atoms with Gasteiger partial charge in [-0.05, 0) is 74.9 Å². The lowest BCUT2D eigenvalue weighted by molar-refractivity contribution is -0.122. The Morgan fingerprint density at radius 2 is 1.74 bits per heavy atom. The van der Waals surface area contributed by atoms with Crippen LogP contribution in [0.3, 0.4) is 0 Å². The molecular formula is C26H22ClN3O5. The van der Waals surface area contributed by atoms with Crippen molar-refractivity contribution in [1.29, 1.82) is 0 Å². The third kappa shape index (κ3) is 4.61. The molecule has 8 nitrogen and oxygen atoms in total. The second kappa shape index (κ2) is 9.60. The van der Waals surface area contributed by atoms with E-state index >= 15 is 0 Å². The van der Waals surface area contributed by atoms with Crippen molar-refractivity contribution in [3.8, 4) is 5.69 Å². The second-order valence-corrected chi connectivity index (χ2v) is 8.31. The lowest BCUT2D eigenvalue weighted by atomic mass is 10.1. The van der Waals surface area contributed by atoms with Gasteiger partial charge in [0.2, 0.25) is 0 Å². The molecule has 1 N–H and O–H groups in total. The normalized spacial score (nSPS) is 14.9. The Morgan fingerprint density at radius 1 is 1.03 bits per heavy atom. The van der Waals surface area contributed by atoms with Crippen molar-refractivity contribution in [2.75, 3.05) is 11.5 Å². The molecule has 0 radical (unpaired) electrons. The summed E-state index contributed by atoms with van der Waals surface area (Å²) in [6.45, 7) is 5.72. The van der Waals surface area contributed by atoms with Crippen molar-refractivity contribution in [3.63, 3.8) is 0 Å². The van der Waals surface area contributed by atoms with Crippen LogP contribution in [0, 0.1) is 13.8 Å². The molecule has 0 saturated carbocycles. The quantitative estimate of drug-likeness (QED) is 0.320. The highest BCUT2D eigenvalue weighted by molar-refractivity contribution is 6.39. The van der Waals surface area contributed by atoms with E-state index in [0.717, 1.165) is 22.0 Å². The molecule has 1 saturated heterocycles. The Hall–Kier alpha value is -4.17. The number of amides is 4. The summed E-state index contributed by atoms with van der Waals surface area (Å²) in [4.78, 5) is 51.3. The van der Waals surface area contributed by atoms with Crippen LogP contribution in [-0.2, 0) is 14.3 Å². The predicted octanol–water partition coefficient (Wildman–Crippen LogP) is 4.59. The van der Waals surface area contributed by atoms with Gasteiger partial charge in [-0.15, -0.1) is 0 Å². The molecule has 0 spiro atoms. The van der Waals surface area contributed by atoms with Crippen molar-refractivity contribution in [2.24, 2.45) is 0 Å². The molecule has 1 aliphatic heterocycles. The fourth-order valence-corrected chi connectivity index (χ4v) is 4.16. The molecule has 4 amide bonds. The number of nitrogens with zero attached hydrogens (tertiary/aromatic N) is 2. The van der Waals surface area contributed by atoms with Crippen LogP contribution in [-0.4, -0.2) is 35.0 Å². The minimum atomic E-state index is -0.847. The molecule has 1 aromatic heterocycles. The molecule has 35 heavy (non-hydrogen) atoms. The minimum absolute atomic E-state index is 0.190. The Bertz CT molecular complexity index is 1410. The number of rotatable bonds is 5. The van der Waals surface area contributed by atoms with Crippen LogP contribution < -0.4 is 10.2 Å². The number of aryl methyl sites for hydroxylation is 1. The van der Waals surface area contributed by atoms with Gasteiger partial charge in [0.05, 0.1) is 17.9 Å². The lowest BCUT2D eigenvalue weighted by Crippen LogP contribution is -2.54. The van der Waals surface area contributed by atoms with E-state index in [2.05, 4.69) is 5.32 Å². The van der Waals surface area contributed by atoms with Crippen molar-refractivity contribution in [3.05, 3.63) is 87.7 Å². The molecule has 1 aliphatic rings. The fourth-order valence-electron chi connectivity index (χ4n) is 3.98. The highest BCUT2D eigenvalue weighted by Crippen LogP contribution is 2.27. The smallest absolute Gasteiger partial charge is 0.338 e. The molecule has 0 atom stereocenters. The van der Waals surface area contributed by atoms with Crippen LogP contribution >= 0.6 is 11.6 Å². The number of hydrogen-bond donors (Lipinski definition) is 1. The van der Waals surface area contributed by atoms with Crippen LogP contribution in [0.4, 0.5) is 10.5 Å². The molecule has 3 aromatic rings. The van der Waals surface area contributed by atoms with E-state index in [9.17, 15) is 19.2 Å². The molecule has 4 rings (SSSR count). The number of imide groups is 2. The average molecular weight is 492 g/mol. The van der Waals surface area contributed by atoms with Crippen LogP contribution in [0.5, 0.6) is 0 Å². The Labute approximate surface area is 206 Å².